The van der Waals surface area contributed by atoms with Gasteiger partial charge >= 0.3 is 0 Å². The van der Waals surface area contributed by atoms with E-state index in [1.807, 2.05) is 19.9 Å². The van der Waals surface area contributed by atoms with Gasteiger partial charge in [0.1, 0.15) is 17.5 Å². The molecule has 1 aliphatic rings. The van der Waals surface area contributed by atoms with Gasteiger partial charge in [0.25, 0.3) is 11.8 Å². The van der Waals surface area contributed by atoms with Gasteiger partial charge in [0.15, 0.2) is 0 Å². The first-order valence-corrected chi connectivity index (χ1v) is 11.0. The molecule has 0 radical (unpaired) electrons. The highest BCUT2D eigenvalue weighted by Gasteiger charge is 2.32. The van der Waals surface area contributed by atoms with Crippen molar-refractivity contribution < 1.29 is 23.9 Å². The minimum atomic E-state index is -0.637. The number of hydrogen-bond acceptors (Lipinski definition) is 5. The van der Waals surface area contributed by atoms with Crippen molar-refractivity contribution in [3.8, 4) is 11.5 Å². The normalized spacial score (nSPS) is 14.6. The van der Waals surface area contributed by atoms with Gasteiger partial charge in [0.2, 0.25) is 5.91 Å². The number of hydrogen-bond donors (Lipinski definition) is 1. The fourth-order valence-corrected chi connectivity index (χ4v) is 3.80. The van der Waals surface area contributed by atoms with Crippen LogP contribution in [0.3, 0.4) is 0 Å². The highest BCUT2D eigenvalue weighted by molar-refractivity contribution is 5.98. The number of piperazine rings is 1. The summed E-state index contributed by atoms with van der Waals surface area (Å²) in [4.78, 5) is 42.3. The van der Waals surface area contributed by atoms with E-state index in [9.17, 15) is 14.4 Å². The van der Waals surface area contributed by atoms with Crippen molar-refractivity contribution in [1.29, 1.82) is 0 Å². The van der Waals surface area contributed by atoms with E-state index < -0.39 is 6.04 Å². The Morgan fingerprint density at radius 2 is 1.52 bits per heavy atom. The summed E-state index contributed by atoms with van der Waals surface area (Å²) < 4.78 is 10.6. The van der Waals surface area contributed by atoms with Crippen LogP contribution in [-0.2, 0) is 4.79 Å². The van der Waals surface area contributed by atoms with E-state index in [1.54, 1.807) is 59.4 Å². The lowest BCUT2D eigenvalue weighted by Crippen LogP contribution is -2.57. The number of benzene rings is 2. The SMILES string of the molecule is COc1ccc(C(=O)N2CCN(C(=O)C(NC(=O)c3ccccc3)C(C)C)CC2)c(OC)c1. The van der Waals surface area contributed by atoms with Crippen LogP contribution >= 0.6 is 0 Å². The molecule has 1 saturated heterocycles. The van der Waals surface area contributed by atoms with Crippen LogP contribution in [0.2, 0.25) is 0 Å². The quantitative estimate of drug-likeness (QED) is 0.696. The first-order valence-electron chi connectivity index (χ1n) is 11.0. The average Bonchev–Trinajstić information content (AvgIpc) is 2.86. The first kappa shape index (κ1) is 24.1. The van der Waals surface area contributed by atoms with E-state index in [0.717, 1.165) is 0 Å². The second kappa shape index (κ2) is 10.8. The Morgan fingerprint density at radius 3 is 2.09 bits per heavy atom. The Bertz CT molecular complexity index is 985. The summed E-state index contributed by atoms with van der Waals surface area (Å²) in [5.41, 5.74) is 0.966. The van der Waals surface area contributed by atoms with Gasteiger partial charge in [0, 0.05) is 37.8 Å². The van der Waals surface area contributed by atoms with Gasteiger partial charge in [-0.15, -0.1) is 0 Å². The van der Waals surface area contributed by atoms with Crippen LogP contribution in [0.4, 0.5) is 0 Å². The van der Waals surface area contributed by atoms with Gasteiger partial charge in [-0.05, 0) is 30.2 Å². The maximum absolute atomic E-state index is 13.2. The summed E-state index contributed by atoms with van der Waals surface area (Å²) >= 11 is 0. The van der Waals surface area contributed by atoms with Gasteiger partial charge in [-0.1, -0.05) is 32.0 Å². The van der Waals surface area contributed by atoms with Crippen molar-refractivity contribution in [2.45, 2.75) is 19.9 Å². The lowest BCUT2D eigenvalue weighted by Gasteiger charge is -2.37. The summed E-state index contributed by atoms with van der Waals surface area (Å²) in [6.45, 7) is 5.41. The summed E-state index contributed by atoms with van der Waals surface area (Å²) in [5, 5.41) is 2.88. The maximum atomic E-state index is 13.2. The van der Waals surface area contributed by atoms with Gasteiger partial charge < -0.3 is 24.6 Å². The number of nitrogens with one attached hydrogen (secondary N) is 1. The van der Waals surface area contributed by atoms with E-state index >= 15 is 0 Å². The molecule has 8 nitrogen and oxygen atoms in total. The summed E-state index contributed by atoms with van der Waals surface area (Å²) in [5.74, 6) is 0.414. The van der Waals surface area contributed by atoms with Crippen LogP contribution in [0.15, 0.2) is 48.5 Å². The Kier molecular flexibility index (Phi) is 7.92. The predicted octanol–water partition coefficient (Wildman–Crippen LogP) is 2.44. The summed E-state index contributed by atoms with van der Waals surface area (Å²) in [6.07, 6.45) is 0. The maximum Gasteiger partial charge on any atom is 0.257 e. The molecule has 0 bridgehead atoms. The molecular formula is C25H31N3O5. The third-order valence-electron chi connectivity index (χ3n) is 5.77. The molecule has 1 unspecified atom stereocenters. The van der Waals surface area contributed by atoms with Crippen molar-refractivity contribution in [3.63, 3.8) is 0 Å². The van der Waals surface area contributed by atoms with Gasteiger partial charge in [-0.2, -0.15) is 0 Å². The van der Waals surface area contributed by atoms with Crippen LogP contribution in [-0.4, -0.2) is 74.0 Å². The van der Waals surface area contributed by atoms with E-state index in [-0.39, 0.29) is 23.6 Å². The standard InChI is InChI=1S/C25H31N3O5/c1-17(2)22(26-23(29)18-8-6-5-7-9-18)25(31)28-14-12-27(13-15-28)24(30)20-11-10-19(32-3)16-21(20)33-4/h5-11,16-17,22H,12-15H2,1-4H3,(H,26,29). The molecule has 1 fully saturated rings. The third kappa shape index (κ3) is 5.63. The number of carbonyl (C=O) groups excluding carboxylic acids is 3. The van der Waals surface area contributed by atoms with E-state index in [0.29, 0.717) is 48.8 Å². The average molecular weight is 454 g/mol. The van der Waals surface area contributed by atoms with Crippen LogP contribution in [0.5, 0.6) is 11.5 Å². The molecular weight excluding hydrogens is 422 g/mol. The molecule has 176 valence electrons. The van der Waals surface area contributed by atoms with Crippen molar-refractivity contribution in [3.05, 3.63) is 59.7 Å². The van der Waals surface area contributed by atoms with Gasteiger partial charge in [0.05, 0.1) is 19.8 Å². The summed E-state index contributed by atoms with van der Waals surface area (Å²) in [7, 11) is 3.07. The van der Waals surface area contributed by atoms with E-state index in [4.69, 9.17) is 9.47 Å². The molecule has 1 N–H and O–H groups in total. The second-order valence-electron chi connectivity index (χ2n) is 8.24. The highest BCUT2D eigenvalue weighted by atomic mass is 16.5. The monoisotopic (exact) mass is 453 g/mol. The van der Waals surface area contributed by atoms with Crippen molar-refractivity contribution >= 4 is 17.7 Å². The van der Waals surface area contributed by atoms with Crippen LogP contribution in [0, 0.1) is 5.92 Å². The number of rotatable bonds is 7. The summed E-state index contributed by atoms with van der Waals surface area (Å²) in [6, 6.07) is 13.3. The Hall–Kier alpha value is -3.55. The molecule has 3 rings (SSSR count). The molecule has 8 heteroatoms. The zero-order chi connectivity index (χ0) is 24.0. The minimum Gasteiger partial charge on any atom is -0.497 e. The lowest BCUT2D eigenvalue weighted by atomic mass is 10.0. The topological polar surface area (TPSA) is 88.2 Å². The van der Waals surface area contributed by atoms with Gasteiger partial charge in [-0.3, -0.25) is 14.4 Å². The van der Waals surface area contributed by atoms with Crippen molar-refractivity contribution in [2.75, 3.05) is 40.4 Å². The van der Waals surface area contributed by atoms with Crippen LogP contribution in [0.1, 0.15) is 34.6 Å². The number of ether oxygens (including phenoxy) is 2. The molecule has 1 aliphatic heterocycles. The fraction of sp³-hybridized carbons (Fsp3) is 0.400. The zero-order valence-electron chi connectivity index (χ0n) is 19.5. The molecule has 0 aliphatic carbocycles. The first-order chi connectivity index (χ1) is 15.8. The van der Waals surface area contributed by atoms with E-state index in [2.05, 4.69) is 5.32 Å². The molecule has 0 spiro atoms. The Labute approximate surface area is 194 Å². The molecule has 2 aromatic rings. The van der Waals surface area contributed by atoms with Crippen molar-refractivity contribution in [1.82, 2.24) is 15.1 Å². The molecule has 1 heterocycles. The smallest absolute Gasteiger partial charge is 0.257 e. The van der Waals surface area contributed by atoms with Crippen molar-refractivity contribution in [2.24, 2.45) is 5.92 Å². The molecule has 1 atom stereocenters. The second-order valence-corrected chi connectivity index (χ2v) is 8.24. The Balaban J connectivity index is 1.63. The molecule has 0 aromatic heterocycles. The number of carbonyl (C=O) groups is 3. The van der Waals surface area contributed by atoms with E-state index in [1.165, 1.54) is 7.11 Å². The van der Waals surface area contributed by atoms with Crippen LogP contribution in [0.25, 0.3) is 0 Å². The number of amides is 3. The molecule has 0 saturated carbocycles. The molecule has 3 amide bonds. The van der Waals surface area contributed by atoms with Gasteiger partial charge in [-0.25, -0.2) is 0 Å². The number of methoxy groups -OCH3 is 2. The largest absolute Gasteiger partial charge is 0.497 e. The molecule has 2 aromatic carbocycles. The fourth-order valence-electron chi connectivity index (χ4n) is 3.80. The number of nitrogens with zero attached hydrogens (tertiary/aromatic N) is 2. The predicted molar refractivity (Wildman–Crippen MR) is 125 cm³/mol. The Morgan fingerprint density at radius 1 is 0.879 bits per heavy atom. The zero-order valence-corrected chi connectivity index (χ0v) is 19.5. The lowest BCUT2D eigenvalue weighted by molar-refractivity contribution is -0.135. The third-order valence-corrected chi connectivity index (χ3v) is 5.77. The highest BCUT2D eigenvalue weighted by Crippen LogP contribution is 2.26. The molecule has 33 heavy (non-hydrogen) atoms. The van der Waals surface area contributed by atoms with Crippen LogP contribution < -0.4 is 14.8 Å². The minimum absolute atomic E-state index is 0.0756.